The van der Waals surface area contributed by atoms with Crippen LogP contribution in [-0.2, 0) is 4.79 Å². The first-order valence-electron chi connectivity index (χ1n) is 5.41. The van der Waals surface area contributed by atoms with Crippen LogP contribution in [0, 0.1) is 5.92 Å². The molecule has 1 amide bonds. The number of carbonyl (C=O) groups is 2. The van der Waals surface area contributed by atoms with Crippen LogP contribution in [0.5, 0.6) is 0 Å². The summed E-state index contributed by atoms with van der Waals surface area (Å²) in [6.45, 7) is 3.46. The van der Waals surface area contributed by atoms with Crippen LogP contribution in [0.25, 0.3) is 0 Å². The normalized spacial score (nSPS) is 12.2. The topological polar surface area (TPSA) is 92.4 Å². The Morgan fingerprint density at radius 3 is 2.50 bits per heavy atom. The summed E-state index contributed by atoms with van der Waals surface area (Å²) in [4.78, 5) is 23.0. The first-order chi connectivity index (χ1) is 8.32. The Morgan fingerprint density at radius 1 is 1.39 bits per heavy atom. The lowest BCUT2D eigenvalue weighted by molar-refractivity contribution is -0.140. The van der Waals surface area contributed by atoms with Crippen LogP contribution in [0.4, 0.5) is 5.69 Å². The molecule has 1 unspecified atom stereocenters. The first kappa shape index (κ1) is 14.5. The van der Waals surface area contributed by atoms with Gasteiger partial charge < -0.3 is 16.2 Å². The number of carbonyl (C=O) groups excluding carboxylic acids is 1. The van der Waals surface area contributed by atoms with Crippen LogP contribution in [0.15, 0.2) is 22.7 Å². The van der Waals surface area contributed by atoms with Crippen molar-refractivity contribution in [1.82, 2.24) is 5.32 Å². The summed E-state index contributed by atoms with van der Waals surface area (Å²) in [6.07, 6.45) is 0. The molecule has 18 heavy (non-hydrogen) atoms. The summed E-state index contributed by atoms with van der Waals surface area (Å²) in [7, 11) is 0. The molecule has 1 aromatic carbocycles. The Balaban J connectivity index is 2.94. The number of hydrogen-bond acceptors (Lipinski definition) is 3. The minimum absolute atomic E-state index is 0.203. The standard InChI is InChI=1S/C12H15BrN2O3/c1-6(2)10(12(17)18)15-11(16)8-5-7(14)3-4-9(8)13/h3-6,10H,14H2,1-2H3,(H,15,16)(H,17,18). The number of halogens is 1. The molecule has 4 N–H and O–H groups in total. The van der Waals surface area contributed by atoms with E-state index in [9.17, 15) is 9.59 Å². The van der Waals surface area contributed by atoms with Crippen molar-refractivity contribution in [3.63, 3.8) is 0 Å². The zero-order valence-corrected chi connectivity index (χ0v) is 11.7. The zero-order chi connectivity index (χ0) is 13.9. The molecule has 0 aliphatic heterocycles. The van der Waals surface area contributed by atoms with E-state index in [4.69, 9.17) is 10.8 Å². The predicted octanol–water partition coefficient (Wildman–Crippen LogP) is 1.87. The van der Waals surface area contributed by atoms with Gasteiger partial charge in [-0.15, -0.1) is 0 Å². The molecule has 0 saturated carbocycles. The molecule has 0 bridgehead atoms. The van der Waals surface area contributed by atoms with Gasteiger partial charge in [0.05, 0.1) is 5.56 Å². The van der Waals surface area contributed by atoms with Gasteiger partial charge in [0.25, 0.3) is 5.91 Å². The van der Waals surface area contributed by atoms with Crippen molar-refractivity contribution in [3.05, 3.63) is 28.2 Å². The Hall–Kier alpha value is -1.56. The molecular formula is C12H15BrN2O3. The van der Waals surface area contributed by atoms with Crippen molar-refractivity contribution in [2.24, 2.45) is 5.92 Å². The van der Waals surface area contributed by atoms with E-state index in [0.717, 1.165) is 0 Å². The predicted molar refractivity (Wildman–Crippen MR) is 72.3 cm³/mol. The highest BCUT2D eigenvalue weighted by atomic mass is 79.9. The number of benzene rings is 1. The minimum atomic E-state index is -1.06. The highest BCUT2D eigenvalue weighted by molar-refractivity contribution is 9.10. The smallest absolute Gasteiger partial charge is 0.326 e. The van der Waals surface area contributed by atoms with E-state index >= 15 is 0 Å². The first-order valence-corrected chi connectivity index (χ1v) is 6.21. The van der Waals surface area contributed by atoms with Crippen molar-refractivity contribution in [1.29, 1.82) is 0 Å². The molecule has 0 aliphatic carbocycles. The van der Waals surface area contributed by atoms with Gasteiger partial charge in [-0.1, -0.05) is 13.8 Å². The summed E-state index contributed by atoms with van der Waals surface area (Å²) < 4.78 is 0.571. The van der Waals surface area contributed by atoms with Crippen LogP contribution in [0.2, 0.25) is 0 Å². The largest absolute Gasteiger partial charge is 0.480 e. The molecule has 1 atom stereocenters. The summed E-state index contributed by atoms with van der Waals surface area (Å²) in [5, 5.41) is 11.5. The van der Waals surface area contributed by atoms with Crippen molar-refractivity contribution in [3.8, 4) is 0 Å². The molecule has 5 nitrogen and oxygen atoms in total. The van der Waals surface area contributed by atoms with E-state index in [0.29, 0.717) is 15.7 Å². The number of aliphatic carboxylic acids is 1. The quantitative estimate of drug-likeness (QED) is 0.740. The van der Waals surface area contributed by atoms with Gasteiger partial charge in [0.2, 0.25) is 0 Å². The van der Waals surface area contributed by atoms with Gasteiger partial charge >= 0.3 is 5.97 Å². The number of hydrogen-bond donors (Lipinski definition) is 3. The van der Waals surface area contributed by atoms with Crippen LogP contribution in [0.3, 0.4) is 0 Å². The number of carboxylic acid groups (broad SMARTS) is 1. The Labute approximate surface area is 113 Å². The second-order valence-electron chi connectivity index (χ2n) is 4.27. The van der Waals surface area contributed by atoms with Gasteiger partial charge in [0, 0.05) is 10.2 Å². The second-order valence-corrected chi connectivity index (χ2v) is 5.13. The number of amides is 1. The number of anilines is 1. The van der Waals surface area contributed by atoms with Gasteiger partial charge in [-0.3, -0.25) is 4.79 Å². The molecular weight excluding hydrogens is 300 g/mol. The third-order valence-electron chi connectivity index (χ3n) is 2.45. The number of carboxylic acids is 1. The molecule has 98 valence electrons. The fraction of sp³-hybridized carbons (Fsp3) is 0.333. The molecule has 0 fully saturated rings. The van der Waals surface area contributed by atoms with E-state index in [-0.39, 0.29) is 5.92 Å². The maximum Gasteiger partial charge on any atom is 0.326 e. The van der Waals surface area contributed by atoms with E-state index in [1.807, 2.05) is 0 Å². The molecule has 0 spiro atoms. The summed E-state index contributed by atoms with van der Waals surface area (Å²) in [6, 6.07) is 3.87. The van der Waals surface area contributed by atoms with Crippen LogP contribution >= 0.6 is 15.9 Å². The number of nitrogens with one attached hydrogen (secondary N) is 1. The van der Waals surface area contributed by atoms with Crippen molar-refractivity contribution in [2.45, 2.75) is 19.9 Å². The average molecular weight is 315 g/mol. The summed E-state index contributed by atoms with van der Waals surface area (Å²) in [5.74, 6) is -1.72. The molecule has 6 heteroatoms. The molecule has 1 aromatic rings. The molecule has 0 radical (unpaired) electrons. The second kappa shape index (κ2) is 5.86. The molecule has 1 rings (SSSR count). The number of nitrogen functional groups attached to an aromatic ring is 1. The van der Waals surface area contributed by atoms with Crippen LogP contribution in [-0.4, -0.2) is 23.0 Å². The van der Waals surface area contributed by atoms with Gasteiger partial charge in [-0.25, -0.2) is 4.79 Å². The monoisotopic (exact) mass is 314 g/mol. The van der Waals surface area contributed by atoms with E-state index < -0.39 is 17.9 Å². The lowest BCUT2D eigenvalue weighted by Crippen LogP contribution is -2.44. The summed E-state index contributed by atoms with van der Waals surface area (Å²) >= 11 is 3.23. The fourth-order valence-electron chi connectivity index (χ4n) is 1.45. The Kier molecular flexibility index (Phi) is 4.72. The van der Waals surface area contributed by atoms with Crippen LogP contribution in [0.1, 0.15) is 24.2 Å². The van der Waals surface area contributed by atoms with Crippen LogP contribution < -0.4 is 11.1 Å². The van der Waals surface area contributed by atoms with E-state index in [2.05, 4.69) is 21.2 Å². The van der Waals surface area contributed by atoms with Gasteiger partial charge in [-0.2, -0.15) is 0 Å². The van der Waals surface area contributed by atoms with E-state index in [1.165, 1.54) is 6.07 Å². The van der Waals surface area contributed by atoms with Gasteiger partial charge in [0.1, 0.15) is 6.04 Å². The van der Waals surface area contributed by atoms with Crippen molar-refractivity contribution < 1.29 is 14.7 Å². The third-order valence-corrected chi connectivity index (χ3v) is 3.15. The van der Waals surface area contributed by atoms with Crippen molar-refractivity contribution in [2.75, 3.05) is 5.73 Å². The third kappa shape index (κ3) is 3.46. The average Bonchev–Trinajstić information content (AvgIpc) is 2.28. The molecule has 0 aromatic heterocycles. The summed E-state index contributed by atoms with van der Waals surface area (Å²) in [5.41, 5.74) is 6.36. The lowest BCUT2D eigenvalue weighted by Gasteiger charge is -2.18. The lowest BCUT2D eigenvalue weighted by atomic mass is 10.0. The number of rotatable bonds is 4. The molecule has 0 heterocycles. The Bertz CT molecular complexity index is 474. The zero-order valence-electron chi connectivity index (χ0n) is 10.1. The fourth-order valence-corrected chi connectivity index (χ4v) is 1.88. The maximum absolute atomic E-state index is 12.0. The SMILES string of the molecule is CC(C)C(NC(=O)c1cc(N)ccc1Br)C(=O)O. The molecule has 0 aliphatic rings. The highest BCUT2D eigenvalue weighted by Gasteiger charge is 2.24. The van der Waals surface area contributed by atoms with E-state index in [1.54, 1.807) is 26.0 Å². The van der Waals surface area contributed by atoms with Gasteiger partial charge in [0.15, 0.2) is 0 Å². The number of nitrogens with two attached hydrogens (primary N) is 1. The maximum atomic E-state index is 12.0. The van der Waals surface area contributed by atoms with Gasteiger partial charge in [-0.05, 0) is 40.0 Å². The Morgan fingerprint density at radius 2 is 2.00 bits per heavy atom. The minimum Gasteiger partial charge on any atom is -0.480 e. The highest BCUT2D eigenvalue weighted by Crippen LogP contribution is 2.19. The molecule has 0 saturated heterocycles. The van der Waals surface area contributed by atoms with Crippen molar-refractivity contribution >= 4 is 33.5 Å².